The van der Waals surface area contributed by atoms with Crippen LogP contribution in [0.5, 0.6) is 0 Å². The number of rotatable bonds is 5. The van der Waals surface area contributed by atoms with E-state index in [-0.39, 0.29) is 5.91 Å². The van der Waals surface area contributed by atoms with Gasteiger partial charge in [-0.05, 0) is 76.1 Å². The lowest BCUT2D eigenvalue weighted by Crippen LogP contribution is -2.14. The van der Waals surface area contributed by atoms with Crippen molar-refractivity contribution in [3.05, 3.63) is 71.1 Å². The molecule has 3 aromatic heterocycles. The number of nitrogens with one attached hydrogen (secondary N) is 1. The molecule has 7 heteroatoms. The SMILES string of the molecule is Cc1nc2ncnn2c(C)c1CCC(=O)Nc1ccc(-n2c(C)ccc2C)cc1. The number of carbonyl (C=O) groups excluding carboxylic acids is 1. The third kappa shape index (κ3) is 3.63. The molecule has 0 atom stereocenters. The fourth-order valence-electron chi connectivity index (χ4n) is 3.75. The van der Waals surface area contributed by atoms with Gasteiger partial charge < -0.3 is 9.88 Å². The Labute approximate surface area is 169 Å². The normalized spacial score (nSPS) is 11.2. The molecule has 0 spiro atoms. The largest absolute Gasteiger partial charge is 0.326 e. The third-order valence-corrected chi connectivity index (χ3v) is 5.27. The van der Waals surface area contributed by atoms with Crippen LogP contribution < -0.4 is 5.32 Å². The van der Waals surface area contributed by atoms with Crippen molar-refractivity contribution < 1.29 is 4.79 Å². The van der Waals surface area contributed by atoms with Gasteiger partial charge in [-0.2, -0.15) is 10.1 Å². The first-order valence-corrected chi connectivity index (χ1v) is 9.65. The number of fused-ring (bicyclic) bond motifs is 1. The first-order valence-electron chi connectivity index (χ1n) is 9.65. The van der Waals surface area contributed by atoms with Crippen LogP contribution in [-0.4, -0.2) is 30.1 Å². The monoisotopic (exact) mass is 388 g/mol. The van der Waals surface area contributed by atoms with E-state index in [0.717, 1.165) is 28.3 Å². The maximum Gasteiger partial charge on any atom is 0.252 e. The summed E-state index contributed by atoms with van der Waals surface area (Å²) >= 11 is 0. The molecule has 0 aliphatic heterocycles. The number of aromatic nitrogens is 5. The second-order valence-corrected chi connectivity index (χ2v) is 7.28. The van der Waals surface area contributed by atoms with E-state index in [1.807, 2.05) is 38.1 Å². The van der Waals surface area contributed by atoms with Crippen molar-refractivity contribution in [3.8, 4) is 5.69 Å². The minimum atomic E-state index is -0.0245. The standard InChI is InChI=1S/C22H24N6O/c1-14-5-6-15(2)27(14)19-9-7-18(8-10-19)26-21(29)12-11-20-16(3)25-22-23-13-24-28(22)17(20)4/h5-10,13H,11-12H2,1-4H3,(H,26,29). The molecule has 1 aromatic carbocycles. The second-order valence-electron chi connectivity index (χ2n) is 7.28. The Kier molecular flexibility index (Phi) is 4.88. The molecular weight excluding hydrogens is 364 g/mol. The van der Waals surface area contributed by atoms with E-state index in [1.165, 1.54) is 17.7 Å². The highest BCUT2D eigenvalue weighted by Crippen LogP contribution is 2.19. The fraction of sp³-hybridized carbons (Fsp3) is 0.273. The molecule has 4 rings (SSSR count). The summed E-state index contributed by atoms with van der Waals surface area (Å²) in [5.41, 5.74) is 7.14. The second kappa shape index (κ2) is 7.50. The van der Waals surface area contributed by atoms with Crippen LogP contribution in [0.1, 0.15) is 34.8 Å². The average molecular weight is 388 g/mol. The Hall–Kier alpha value is -3.48. The Morgan fingerprint density at radius 1 is 1.00 bits per heavy atom. The molecular formula is C22H24N6O. The maximum absolute atomic E-state index is 12.5. The van der Waals surface area contributed by atoms with Crippen LogP contribution >= 0.6 is 0 Å². The van der Waals surface area contributed by atoms with Crippen LogP contribution in [0.25, 0.3) is 11.5 Å². The van der Waals surface area contributed by atoms with Crippen molar-refractivity contribution >= 4 is 17.4 Å². The lowest BCUT2D eigenvalue weighted by atomic mass is 10.1. The number of nitrogens with zero attached hydrogens (tertiary/aromatic N) is 5. The van der Waals surface area contributed by atoms with Crippen LogP contribution in [0, 0.1) is 27.7 Å². The van der Waals surface area contributed by atoms with Crippen LogP contribution in [-0.2, 0) is 11.2 Å². The molecule has 1 N–H and O–H groups in total. The van der Waals surface area contributed by atoms with E-state index in [1.54, 1.807) is 4.52 Å². The molecule has 1 amide bonds. The number of aryl methyl sites for hydroxylation is 4. The lowest BCUT2D eigenvalue weighted by Gasteiger charge is -2.12. The predicted octanol–water partition coefficient (Wildman–Crippen LogP) is 3.72. The van der Waals surface area contributed by atoms with Gasteiger partial charge in [0.2, 0.25) is 5.91 Å². The molecule has 0 unspecified atom stereocenters. The Balaban J connectivity index is 1.43. The third-order valence-electron chi connectivity index (χ3n) is 5.27. The van der Waals surface area contributed by atoms with E-state index in [9.17, 15) is 4.79 Å². The van der Waals surface area contributed by atoms with Gasteiger partial charge in [0.1, 0.15) is 6.33 Å². The zero-order valence-corrected chi connectivity index (χ0v) is 17.1. The maximum atomic E-state index is 12.5. The van der Waals surface area contributed by atoms with E-state index in [0.29, 0.717) is 18.6 Å². The molecule has 0 aliphatic rings. The summed E-state index contributed by atoms with van der Waals surface area (Å²) in [4.78, 5) is 21.1. The first kappa shape index (κ1) is 18.9. The highest BCUT2D eigenvalue weighted by molar-refractivity contribution is 5.90. The van der Waals surface area contributed by atoms with Gasteiger partial charge in [-0.15, -0.1) is 0 Å². The fourth-order valence-corrected chi connectivity index (χ4v) is 3.75. The number of carbonyl (C=O) groups is 1. The number of hydrogen-bond donors (Lipinski definition) is 1. The van der Waals surface area contributed by atoms with Crippen molar-refractivity contribution in [2.45, 2.75) is 40.5 Å². The Bertz CT molecular complexity index is 1170. The summed E-state index contributed by atoms with van der Waals surface area (Å²) < 4.78 is 3.90. The minimum absolute atomic E-state index is 0.0245. The molecule has 3 heterocycles. The number of hydrogen-bond acceptors (Lipinski definition) is 4. The molecule has 29 heavy (non-hydrogen) atoms. The van der Waals surface area contributed by atoms with Crippen molar-refractivity contribution in [1.29, 1.82) is 0 Å². The Morgan fingerprint density at radius 3 is 2.38 bits per heavy atom. The topological polar surface area (TPSA) is 77.1 Å². The van der Waals surface area contributed by atoms with Crippen molar-refractivity contribution in [3.63, 3.8) is 0 Å². The molecule has 0 radical (unpaired) electrons. The minimum Gasteiger partial charge on any atom is -0.326 e. The van der Waals surface area contributed by atoms with Crippen molar-refractivity contribution in [2.75, 3.05) is 5.32 Å². The average Bonchev–Trinajstić information content (AvgIpc) is 3.29. The van der Waals surface area contributed by atoms with E-state index >= 15 is 0 Å². The lowest BCUT2D eigenvalue weighted by molar-refractivity contribution is -0.116. The quantitative estimate of drug-likeness (QED) is 0.565. The summed E-state index contributed by atoms with van der Waals surface area (Å²) in [7, 11) is 0. The van der Waals surface area contributed by atoms with Crippen LogP contribution in [0.3, 0.4) is 0 Å². The number of amides is 1. The molecule has 7 nitrogen and oxygen atoms in total. The molecule has 0 aliphatic carbocycles. The van der Waals surface area contributed by atoms with Crippen molar-refractivity contribution in [2.24, 2.45) is 0 Å². The highest BCUT2D eigenvalue weighted by atomic mass is 16.1. The molecule has 0 bridgehead atoms. The van der Waals surface area contributed by atoms with E-state index < -0.39 is 0 Å². The smallest absolute Gasteiger partial charge is 0.252 e. The first-order chi connectivity index (χ1) is 13.9. The molecule has 0 fully saturated rings. The molecule has 0 saturated heterocycles. The van der Waals surface area contributed by atoms with Gasteiger partial charge in [-0.1, -0.05) is 0 Å². The van der Waals surface area contributed by atoms with Crippen LogP contribution in [0.15, 0.2) is 42.7 Å². The molecule has 0 saturated carbocycles. The van der Waals surface area contributed by atoms with Gasteiger partial charge in [-0.3, -0.25) is 4.79 Å². The van der Waals surface area contributed by atoms with Gasteiger partial charge in [-0.25, -0.2) is 9.50 Å². The van der Waals surface area contributed by atoms with Gasteiger partial charge in [0, 0.05) is 40.6 Å². The summed E-state index contributed by atoms with van der Waals surface area (Å²) in [6, 6.07) is 12.1. The summed E-state index contributed by atoms with van der Waals surface area (Å²) in [6.45, 7) is 8.09. The summed E-state index contributed by atoms with van der Waals surface area (Å²) in [5, 5.41) is 7.18. The van der Waals surface area contributed by atoms with Crippen molar-refractivity contribution in [1.82, 2.24) is 24.1 Å². The van der Waals surface area contributed by atoms with Crippen LogP contribution in [0.2, 0.25) is 0 Å². The van der Waals surface area contributed by atoms with E-state index in [4.69, 9.17) is 0 Å². The highest BCUT2D eigenvalue weighted by Gasteiger charge is 2.13. The number of benzene rings is 1. The Morgan fingerprint density at radius 2 is 1.69 bits per heavy atom. The van der Waals surface area contributed by atoms with Gasteiger partial charge in [0.05, 0.1) is 0 Å². The molecule has 4 aromatic rings. The van der Waals surface area contributed by atoms with Gasteiger partial charge in [0.25, 0.3) is 5.78 Å². The van der Waals surface area contributed by atoms with Gasteiger partial charge in [0.15, 0.2) is 0 Å². The summed E-state index contributed by atoms with van der Waals surface area (Å²) in [6.07, 6.45) is 2.47. The van der Waals surface area contributed by atoms with Gasteiger partial charge >= 0.3 is 0 Å². The van der Waals surface area contributed by atoms with Crippen LogP contribution in [0.4, 0.5) is 5.69 Å². The summed E-state index contributed by atoms with van der Waals surface area (Å²) in [5.74, 6) is 0.560. The zero-order valence-electron chi connectivity index (χ0n) is 17.1. The van der Waals surface area contributed by atoms with E-state index in [2.05, 4.69) is 50.9 Å². The predicted molar refractivity (Wildman–Crippen MR) is 112 cm³/mol. The number of anilines is 1. The zero-order chi connectivity index (χ0) is 20.5. The molecule has 148 valence electrons.